The second-order valence-electron chi connectivity index (χ2n) is 7.78. The quantitative estimate of drug-likeness (QED) is 0.748. The first-order valence-electron chi connectivity index (χ1n) is 10.4. The molecule has 2 heterocycles. The number of aliphatic hydroxyl groups excluding tert-OH is 1. The number of aliphatic hydroxyl groups is 1. The molecule has 0 bridgehead atoms. The zero-order valence-electron chi connectivity index (χ0n) is 17.1. The Balaban J connectivity index is 1.41. The maximum Gasteiger partial charge on any atom is 0.253 e. The minimum absolute atomic E-state index is 0.0790. The van der Waals surface area contributed by atoms with Gasteiger partial charge in [0.25, 0.3) is 5.91 Å². The third-order valence-electron chi connectivity index (χ3n) is 5.66. The van der Waals surface area contributed by atoms with Crippen molar-refractivity contribution in [2.75, 3.05) is 42.2 Å². The number of amides is 3. The maximum atomic E-state index is 12.8. The fraction of sp³-hybridized carbons (Fsp3) is 0.348. The molecule has 2 aliphatic rings. The molecule has 0 radical (unpaired) electrons. The summed E-state index contributed by atoms with van der Waals surface area (Å²) in [6, 6.07) is 14.4. The molecule has 7 nitrogen and oxygen atoms in total. The lowest BCUT2D eigenvalue weighted by Gasteiger charge is -2.31. The Bertz CT molecular complexity index is 988. The minimum Gasteiger partial charge on any atom is -0.396 e. The normalized spacial score (nSPS) is 16.7. The number of piperidine rings is 1. The number of fused-ring (bicyclic) bond motifs is 1. The van der Waals surface area contributed by atoms with Gasteiger partial charge in [-0.05, 0) is 49.1 Å². The van der Waals surface area contributed by atoms with E-state index in [4.69, 9.17) is 0 Å². The Morgan fingerprint density at radius 1 is 1.10 bits per heavy atom. The summed E-state index contributed by atoms with van der Waals surface area (Å²) >= 11 is 1.47. The Hall–Kier alpha value is -2.84. The van der Waals surface area contributed by atoms with Crippen molar-refractivity contribution in [2.24, 2.45) is 5.92 Å². The minimum atomic E-state index is -0.316. The number of likely N-dealkylation sites (tertiary alicyclic amines) is 1. The van der Waals surface area contributed by atoms with Crippen LogP contribution in [0.15, 0.2) is 53.4 Å². The van der Waals surface area contributed by atoms with E-state index in [1.165, 1.54) is 16.7 Å². The number of rotatable bonds is 5. The molecule has 162 valence electrons. The highest BCUT2D eigenvalue weighted by Gasteiger charge is 2.27. The molecule has 2 aromatic carbocycles. The molecule has 2 N–H and O–H groups in total. The molecule has 0 unspecified atom stereocenters. The molecule has 0 aromatic heterocycles. The van der Waals surface area contributed by atoms with Gasteiger partial charge in [-0.15, -0.1) is 11.8 Å². The lowest BCUT2D eigenvalue weighted by molar-refractivity contribution is -0.120. The number of carbonyl (C=O) groups is 3. The van der Waals surface area contributed by atoms with Crippen LogP contribution >= 0.6 is 11.8 Å². The van der Waals surface area contributed by atoms with E-state index >= 15 is 0 Å². The van der Waals surface area contributed by atoms with Crippen molar-refractivity contribution >= 4 is 40.9 Å². The van der Waals surface area contributed by atoms with Crippen molar-refractivity contribution < 1.29 is 19.5 Å². The first-order valence-corrected chi connectivity index (χ1v) is 11.4. The molecular weight excluding hydrogens is 414 g/mol. The number of hydrogen-bond donors (Lipinski definition) is 2. The van der Waals surface area contributed by atoms with E-state index in [-0.39, 0.29) is 36.8 Å². The molecular formula is C23H25N3O4S. The van der Waals surface area contributed by atoms with Crippen LogP contribution in [0.1, 0.15) is 23.2 Å². The van der Waals surface area contributed by atoms with Gasteiger partial charge < -0.3 is 20.2 Å². The van der Waals surface area contributed by atoms with Crippen molar-refractivity contribution in [2.45, 2.75) is 17.7 Å². The Labute approximate surface area is 185 Å². The molecule has 8 heteroatoms. The fourth-order valence-corrected chi connectivity index (χ4v) is 4.84. The third kappa shape index (κ3) is 4.91. The van der Waals surface area contributed by atoms with Crippen LogP contribution in [-0.2, 0) is 9.59 Å². The summed E-state index contributed by atoms with van der Waals surface area (Å²) in [4.78, 5) is 42.1. The highest BCUT2D eigenvalue weighted by atomic mass is 32.2. The largest absolute Gasteiger partial charge is 0.396 e. The fourth-order valence-electron chi connectivity index (χ4n) is 3.90. The second kappa shape index (κ2) is 9.53. The monoisotopic (exact) mass is 439 g/mol. The number of benzene rings is 2. The van der Waals surface area contributed by atoms with Crippen molar-refractivity contribution in [3.8, 4) is 0 Å². The van der Waals surface area contributed by atoms with Crippen molar-refractivity contribution in [1.29, 1.82) is 0 Å². The number of para-hydroxylation sites is 1. The summed E-state index contributed by atoms with van der Waals surface area (Å²) < 4.78 is 0. The van der Waals surface area contributed by atoms with E-state index in [0.717, 1.165) is 23.4 Å². The highest BCUT2D eigenvalue weighted by Crippen LogP contribution is 2.34. The maximum absolute atomic E-state index is 12.8. The Kier molecular flexibility index (Phi) is 6.58. The molecule has 1 saturated heterocycles. The van der Waals surface area contributed by atoms with E-state index in [0.29, 0.717) is 30.1 Å². The van der Waals surface area contributed by atoms with Gasteiger partial charge in [0, 0.05) is 35.8 Å². The summed E-state index contributed by atoms with van der Waals surface area (Å²) in [5, 5.41) is 12.1. The molecule has 0 aliphatic carbocycles. The van der Waals surface area contributed by atoms with Crippen LogP contribution in [-0.4, -0.2) is 59.7 Å². The van der Waals surface area contributed by atoms with Crippen molar-refractivity contribution in [3.05, 3.63) is 54.1 Å². The first kappa shape index (κ1) is 21.4. The zero-order valence-corrected chi connectivity index (χ0v) is 17.9. The number of nitrogens with one attached hydrogen (secondary N) is 1. The highest BCUT2D eigenvalue weighted by molar-refractivity contribution is 8.00. The van der Waals surface area contributed by atoms with Crippen LogP contribution in [0.3, 0.4) is 0 Å². The molecule has 0 saturated carbocycles. The van der Waals surface area contributed by atoms with E-state index < -0.39 is 0 Å². The van der Waals surface area contributed by atoms with Gasteiger partial charge >= 0.3 is 0 Å². The number of hydrogen-bond acceptors (Lipinski definition) is 5. The van der Waals surface area contributed by atoms with E-state index in [1.54, 1.807) is 29.2 Å². The lowest BCUT2D eigenvalue weighted by Crippen LogP contribution is -2.41. The third-order valence-corrected chi connectivity index (χ3v) is 6.71. The molecule has 0 atom stereocenters. The number of thioether (sulfide) groups is 1. The van der Waals surface area contributed by atoms with E-state index in [1.807, 2.05) is 24.3 Å². The topological polar surface area (TPSA) is 90.0 Å². The van der Waals surface area contributed by atoms with Gasteiger partial charge in [-0.25, -0.2) is 0 Å². The molecule has 2 aliphatic heterocycles. The van der Waals surface area contributed by atoms with Gasteiger partial charge in [0.2, 0.25) is 11.8 Å². The number of carbonyl (C=O) groups excluding carboxylic acids is 3. The van der Waals surface area contributed by atoms with Crippen molar-refractivity contribution in [3.63, 3.8) is 0 Å². The van der Waals surface area contributed by atoms with Gasteiger partial charge in [0.1, 0.15) is 6.54 Å². The van der Waals surface area contributed by atoms with Crippen LogP contribution in [0.5, 0.6) is 0 Å². The van der Waals surface area contributed by atoms with Gasteiger partial charge in [-0.1, -0.05) is 18.2 Å². The van der Waals surface area contributed by atoms with Crippen LogP contribution in [0.25, 0.3) is 0 Å². The smallest absolute Gasteiger partial charge is 0.253 e. The molecule has 0 spiro atoms. The predicted molar refractivity (Wildman–Crippen MR) is 120 cm³/mol. The van der Waals surface area contributed by atoms with Gasteiger partial charge in [0.05, 0.1) is 11.4 Å². The van der Waals surface area contributed by atoms with E-state index in [2.05, 4.69) is 5.32 Å². The number of nitrogens with zero attached hydrogens (tertiary/aromatic N) is 2. The molecule has 31 heavy (non-hydrogen) atoms. The van der Waals surface area contributed by atoms with Crippen molar-refractivity contribution in [1.82, 2.24) is 4.90 Å². The Morgan fingerprint density at radius 2 is 1.87 bits per heavy atom. The summed E-state index contributed by atoms with van der Waals surface area (Å²) in [6.07, 6.45) is 1.59. The molecule has 2 aromatic rings. The number of anilines is 2. The summed E-state index contributed by atoms with van der Waals surface area (Å²) in [7, 11) is 0. The summed E-state index contributed by atoms with van der Waals surface area (Å²) in [6.45, 7) is 1.32. The molecule has 3 amide bonds. The molecule has 1 fully saturated rings. The second-order valence-corrected chi connectivity index (χ2v) is 8.80. The average molecular weight is 440 g/mol. The van der Waals surface area contributed by atoms with Gasteiger partial charge in [-0.3, -0.25) is 14.4 Å². The summed E-state index contributed by atoms with van der Waals surface area (Å²) in [5.74, 6) is 0.0687. The predicted octanol–water partition coefficient (Wildman–Crippen LogP) is 2.61. The van der Waals surface area contributed by atoms with Crippen LogP contribution < -0.4 is 10.2 Å². The van der Waals surface area contributed by atoms with Gasteiger partial charge in [0.15, 0.2) is 0 Å². The zero-order chi connectivity index (χ0) is 21.8. The SMILES string of the molecule is O=C(CN1C(=O)CSc2ccccc21)Nc1cccc(C(=O)N2CCC(CO)CC2)c1. The van der Waals surface area contributed by atoms with Crippen LogP contribution in [0, 0.1) is 5.92 Å². The lowest BCUT2D eigenvalue weighted by atomic mass is 9.97. The van der Waals surface area contributed by atoms with Crippen LogP contribution in [0.2, 0.25) is 0 Å². The molecule has 4 rings (SSSR count). The first-order chi connectivity index (χ1) is 15.0. The van der Waals surface area contributed by atoms with Crippen LogP contribution in [0.4, 0.5) is 11.4 Å². The average Bonchev–Trinajstić information content (AvgIpc) is 2.80. The standard InChI is InChI=1S/C23H25N3O4S/c27-14-16-8-10-25(11-9-16)23(30)17-4-3-5-18(12-17)24-21(28)13-26-19-6-1-2-7-20(19)31-15-22(26)29/h1-7,12,16,27H,8-11,13-15H2,(H,24,28). The summed E-state index contributed by atoms with van der Waals surface area (Å²) in [5.41, 5.74) is 1.78. The van der Waals surface area contributed by atoms with E-state index in [9.17, 15) is 19.5 Å². The van der Waals surface area contributed by atoms with Gasteiger partial charge in [-0.2, -0.15) is 0 Å². The Morgan fingerprint density at radius 3 is 2.65 bits per heavy atom.